The molecule has 30 heavy (non-hydrogen) atoms. The molecule has 0 spiro atoms. The van der Waals surface area contributed by atoms with Gasteiger partial charge in [-0.3, -0.25) is 0 Å². The molecule has 5 nitrogen and oxygen atoms in total. The van der Waals surface area contributed by atoms with E-state index in [0.29, 0.717) is 11.3 Å². The van der Waals surface area contributed by atoms with Crippen molar-refractivity contribution in [2.45, 2.75) is 56.3 Å². The fourth-order valence-electron chi connectivity index (χ4n) is 3.79. The molecule has 0 atom stereocenters. The van der Waals surface area contributed by atoms with Gasteiger partial charge in [0.1, 0.15) is 11.2 Å². The van der Waals surface area contributed by atoms with Gasteiger partial charge in [-0.05, 0) is 63.2 Å². The molecule has 0 fully saturated rings. The quantitative estimate of drug-likeness (QED) is 0.350. The van der Waals surface area contributed by atoms with Crippen molar-refractivity contribution in [1.82, 2.24) is 5.32 Å². The number of hydrogen-bond donors (Lipinski definition) is 2. The molecule has 164 valence electrons. The van der Waals surface area contributed by atoms with Crippen molar-refractivity contribution in [1.29, 1.82) is 0 Å². The van der Waals surface area contributed by atoms with Gasteiger partial charge in [0.05, 0.1) is 10.6 Å². The highest BCUT2D eigenvalue weighted by Crippen LogP contribution is 2.30. The third-order valence-electron chi connectivity index (χ3n) is 5.53. The molecule has 1 heterocycles. The zero-order chi connectivity index (χ0) is 21.2. The lowest BCUT2D eigenvalue weighted by atomic mass is 10.1. The Labute approximate surface area is 179 Å². The van der Waals surface area contributed by atoms with E-state index in [0.717, 1.165) is 60.8 Å². The molecule has 0 saturated heterocycles. The smallest absolute Gasteiger partial charge is 0.178 e. The number of nitrogens with one attached hydrogen (secondary N) is 1. The van der Waals surface area contributed by atoms with Crippen LogP contribution >= 0.6 is 0 Å². The molecule has 3 rings (SSSR count). The topological polar surface area (TPSA) is 85.3 Å². The van der Waals surface area contributed by atoms with Crippen molar-refractivity contribution in [2.24, 2.45) is 5.73 Å². The number of hydrogen-bond acceptors (Lipinski definition) is 5. The van der Waals surface area contributed by atoms with Gasteiger partial charge in [0.15, 0.2) is 9.84 Å². The fourth-order valence-corrected chi connectivity index (χ4v) is 5.19. The zero-order valence-electron chi connectivity index (χ0n) is 17.7. The number of benzene rings is 2. The second-order valence-electron chi connectivity index (χ2n) is 7.94. The van der Waals surface area contributed by atoms with E-state index in [4.69, 9.17) is 10.2 Å². The summed E-state index contributed by atoms with van der Waals surface area (Å²) in [6, 6.07) is 12.9. The van der Waals surface area contributed by atoms with Crippen LogP contribution < -0.4 is 11.1 Å². The van der Waals surface area contributed by atoms with Crippen molar-refractivity contribution in [3.8, 4) is 0 Å². The van der Waals surface area contributed by atoms with Gasteiger partial charge < -0.3 is 15.5 Å². The first-order valence-electron chi connectivity index (χ1n) is 11.2. The van der Waals surface area contributed by atoms with Crippen LogP contribution in [0, 0.1) is 0 Å². The van der Waals surface area contributed by atoms with E-state index >= 15 is 0 Å². The molecule has 3 aromatic rings. The lowest BCUT2D eigenvalue weighted by molar-refractivity contribution is 0.555. The molecular weight excluding hydrogens is 396 g/mol. The van der Waals surface area contributed by atoms with Crippen LogP contribution in [0.3, 0.4) is 0 Å². The highest BCUT2D eigenvalue weighted by atomic mass is 32.2. The molecule has 2 aromatic carbocycles. The fraction of sp³-hybridized carbons (Fsp3) is 0.500. The minimum absolute atomic E-state index is 0.208. The van der Waals surface area contributed by atoms with Crippen molar-refractivity contribution < 1.29 is 12.8 Å². The van der Waals surface area contributed by atoms with Crippen molar-refractivity contribution in [2.75, 3.05) is 25.4 Å². The first kappa shape index (κ1) is 22.8. The number of rotatable bonds is 14. The number of nitrogens with two attached hydrogens (primary N) is 1. The molecule has 0 radical (unpaired) electrons. The Morgan fingerprint density at radius 1 is 0.767 bits per heavy atom. The van der Waals surface area contributed by atoms with Gasteiger partial charge in [-0.1, -0.05) is 50.3 Å². The third kappa shape index (κ3) is 6.30. The van der Waals surface area contributed by atoms with Crippen molar-refractivity contribution >= 4 is 31.8 Å². The molecule has 0 bridgehead atoms. The van der Waals surface area contributed by atoms with Crippen LogP contribution in [0.5, 0.6) is 0 Å². The molecule has 0 aliphatic heterocycles. The SMILES string of the molecule is NCCCNCCCCCCCCCS(=O)(=O)c1ccc2oc3ccccc3c2c1. The summed E-state index contributed by atoms with van der Waals surface area (Å²) < 4.78 is 31.3. The lowest BCUT2D eigenvalue weighted by Gasteiger charge is -2.06. The zero-order valence-corrected chi connectivity index (χ0v) is 18.6. The second kappa shape index (κ2) is 11.5. The van der Waals surface area contributed by atoms with E-state index in [-0.39, 0.29) is 5.75 Å². The Morgan fingerprint density at radius 3 is 2.23 bits per heavy atom. The van der Waals surface area contributed by atoms with Gasteiger partial charge in [-0.2, -0.15) is 0 Å². The molecule has 3 N–H and O–H groups in total. The summed E-state index contributed by atoms with van der Waals surface area (Å²) in [7, 11) is -3.27. The van der Waals surface area contributed by atoms with E-state index in [1.807, 2.05) is 24.3 Å². The highest BCUT2D eigenvalue weighted by molar-refractivity contribution is 7.91. The van der Waals surface area contributed by atoms with Gasteiger partial charge in [0, 0.05) is 10.8 Å². The minimum Gasteiger partial charge on any atom is -0.456 e. The van der Waals surface area contributed by atoms with Gasteiger partial charge >= 0.3 is 0 Å². The van der Waals surface area contributed by atoms with E-state index in [2.05, 4.69) is 5.32 Å². The van der Waals surface area contributed by atoms with Gasteiger partial charge in [0.2, 0.25) is 0 Å². The number of fused-ring (bicyclic) bond motifs is 3. The summed E-state index contributed by atoms with van der Waals surface area (Å²) in [4.78, 5) is 0.392. The molecule has 0 unspecified atom stereocenters. The second-order valence-corrected chi connectivity index (χ2v) is 10.1. The van der Waals surface area contributed by atoms with Crippen LogP contribution in [0.25, 0.3) is 21.9 Å². The van der Waals surface area contributed by atoms with Crippen LogP contribution in [0.4, 0.5) is 0 Å². The molecular formula is C24H34N2O3S. The highest BCUT2D eigenvalue weighted by Gasteiger charge is 2.16. The summed E-state index contributed by atoms with van der Waals surface area (Å²) in [5, 5.41) is 5.22. The molecule has 0 aliphatic carbocycles. The molecule has 1 aromatic heterocycles. The first-order chi connectivity index (χ1) is 14.6. The Bertz CT molecular complexity index is 1030. The number of sulfone groups is 1. The Hall–Kier alpha value is -1.89. The van der Waals surface area contributed by atoms with Crippen LogP contribution in [-0.4, -0.2) is 33.8 Å². The van der Waals surface area contributed by atoms with Crippen LogP contribution in [0.15, 0.2) is 51.8 Å². The standard InChI is InChI=1S/C24H34N2O3S/c25-15-10-17-26-16-8-4-2-1-3-5-9-18-30(27,28)20-13-14-24-22(19-20)21-11-6-7-12-23(21)29-24/h6-7,11-14,19,26H,1-5,8-10,15-18,25H2. The van der Waals surface area contributed by atoms with Crippen LogP contribution in [0.2, 0.25) is 0 Å². The van der Waals surface area contributed by atoms with Crippen molar-refractivity contribution in [3.63, 3.8) is 0 Å². The average molecular weight is 431 g/mol. The van der Waals surface area contributed by atoms with E-state index in [1.165, 1.54) is 25.7 Å². The number of unbranched alkanes of at least 4 members (excludes halogenated alkanes) is 6. The normalized spacial score (nSPS) is 12.2. The average Bonchev–Trinajstić information content (AvgIpc) is 3.12. The van der Waals surface area contributed by atoms with E-state index < -0.39 is 9.84 Å². The number of para-hydroxylation sites is 1. The summed E-state index contributed by atoms with van der Waals surface area (Å²) in [5.41, 5.74) is 6.98. The van der Waals surface area contributed by atoms with Crippen LogP contribution in [0.1, 0.15) is 51.4 Å². The third-order valence-corrected chi connectivity index (χ3v) is 7.33. The maximum absolute atomic E-state index is 12.8. The monoisotopic (exact) mass is 430 g/mol. The molecule has 0 saturated carbocycles. The maximum atomic E-state index is 12.8. The summed E-state index contributed by atoms with van der Waals surface area (Å²) in [5.74, 6) is 0.208. The first-order valence-corrected chi connectivity index (χ1v) is 12.8. The maximum Gasteiger partial charge on any atom is 0.178 e. The van der Waals surface area contributed by atoms with Gasteiger partial charge in [0.25, 0.3) is 0 Å². The van der Waals surface area contributed by atoms with E-state index in [9.17, 15) is 8.42 Å². The Balaban J connectivity index is 1.39. The molecule has 0 amide bonds. The van der Waals surface area contributed by atoms with Gasteiger partial charge in [-0.15, -0.1) is 0 Å². The predicted octanol–water partition coefficient (Wildman–Crippen LogP) is 5.03. The Kier molecular flexibility index (Phi) is 8.73. The summed E-state index contributed by atoms with van der Waals surface area (Å²) in [6.45, 7) is 2.82. The summed E-state index contributed by atoms with van der Waals surface area (Å²) in [6.07, 6.45) is 8.64. The van der Waals surface area contributed by atoms with Crippen LogP contribution in [-0.2, 0) is 9.84 Å². The Morgan fingerprint density at radius 2 is 1.43 bits per heavy atom. The molecule has 6 heteroatoms. The van der Waals surface area contributed by atoms with E-state index in [1.54, 1.807) is 18.2 Å². The molecule has 0 aliphatic rings. The summed E-state index contributed by atoms with van der Waals surface area (Å²) >= 11 is 0. The lowest BCUT2D eigenvalue weighted by Crippen LogP contribution is -2.19. The van der Waals surface area contributed by atoms with Crippen molar-refractivity contribution in [3.05, 3.63) is 42.5 Å². The largest absolute Gasteiger partial charge is 0.456 e. The van der Waals surface area contributed by atoms with Gasteiger partial charge in [-0.25, -0.2) is 8.42 Å². The predicted molar refractivity (Wildman–Crippen MR) is 125 cm³/mol. The minimum atomic E-state index is -3.27. The number of furan rings is 1.